The first-order chi connectivity index (χ1) is 28.1. The van der Waals surface area contributed by atoms with Crippen LogP contribution in [-0.2, 0) is 15.9 Å². The Morgan fingerprint density at radius 2 is 1.66 bits per heavy atom. The Morgan fingerprint density at radius 1 is 0.879 bits per heavy atom. The number of aliphatic hydroxyl groups is 1. The van der Waals surface area contributed by atoms with E-state index in [1.807, 2.05) is 24.3 Å². The van der Waals surface area contributed by atoms with Crippen LogP contribution in [0, 0.1) is 29.6 Å². The summed E-state index contributed by atoms with van der Waals surface area (Å²) >= 11 is 0. The van der Waals surface area contributed by atoms with Crippen molar-refractivity contribution in [1.82, 2.24) is 0 Å². The highest BCUT2D eigenvalue weighted by Crippen LogP contribution is 2.46. The van der Waals surface area contributed by atoms with Gasteiger partial charge in [-0.1, -0.05) is 57.4 Å². The molecule has 318 valence electrons. The van der Waals surface area contributed by atoms with Crippen molar-refractivity contribution in [2.75, 3.05) is 19.8 Å². The largest absolute Gasteiger partial charge is 0.493 e. The molecule has 1 N–H and O–H groups in total. The summed E-state index contributed by atoms with van der Waals surface area (Å²) in [5.74, 6) is 3.66. The van der Waals surface area contributed by atoms with Crippen molar-refractivity contribution in [2.45, 2.75) is 135 Å². The van der Waals surface area contributed by atoms with Crippen LogP contribution in [0.1, 0.15) is 126 Å². The molecule has 3 fully saturated rings. The normalized spacial score (nSPS) is 24.2. The SMILES string of the molecule is CCC/C=C/C1CC(CCC)CC(C2CCC(C(O)Oc3ccc(OC(=O)c4ccc5cc(OCCCOC6CO6)ccc5c4)c(CCCCC(F)(F)F)c3)CC2)C1. The van der Waals surface area contributed by atoms with E-state index in [1.54, 1.807) is 30.3 Å². The van der Waals surface area contributed by atoms with E-state index in [-0.39, 0.29) is 37.2 Å². The average molecular weight is 809 g/mol. The Balaban J connectivity index is 1.05. The zero-order valence-electron chi connectivity index (χ0n) is 34.4. The highest BCUT2D eigenvalue weighted by Gasteiger charge is 2.36. The molecule has 6 rings (SSSR count). The Hall–Kier alpha value is -3.60. The van der Waals surface area contributed by atoms with Crippen LogP contribution in [0.4, 0.5) is 13.2 Å². The fraction of sp³-hybridized carbons (Fsp3) is 0.604. The van der Waals surface area contributed by atoms with Gasteiger partial charge in [-0.15, -0.1) is 0 Å². The van der Waals surface area contributed by atoms with Crippen molar-refractivity contribution in [3.8, 4) is 17.2 Å². The van der Waals surface area contributed by atoms with E-state index in [2.05, 4.69) is 26.0 Å². The van der Waals surface area contributed by atoms with Crippen LogP contribution in [0.3, 0.4) is 0 Å². The number of esters is 1. The Labute approximate surface area is 342 Å². The first kappa shape index (κ1) is 44.0. The highest BCUT2D eigenvalue weighted by molar-refractivity contribution is 5.96. The van der Waals surface area contributed by atoms with Gasteiger partial charge in [-0.05, 0) is 153 Å². The second kappa shape index (κ2) is 21.6. The Kier molecular flexibility index (Phi) is 16.4. The number of benzene rings is 3. The van der Waals surface area contributed by atoms with Crippen LogP contribution in [-0.4, -0.2) is 49.7 Å². The lowest BCUT2D eigenvalue weighted by molar-refractivity contribution is -0.135. The van der Waals surface area contributed by atoms with E-state index in [0.29, 0.717) is 54.3 Å². The molecule has 3 aromatic rings. The van der Waals surface area contributed by atoms with Crippen LogP contribution in [0.2, 0.25) is 0 Å². The molecular formula is C48H63F3O7. The number of hydrogen-bond acceptors (Lipinski definition) is 7. The Morgan fingerprint density at radius 3 is 2.41 bits per heavy atom. The number of allylic oxidation sites excluding steroid dienone is 2. The molecule has 1 aliphatic heterocycles. The van der Waals surface area contributed by atoms with E-state index in [1.165, 1.54) is 38.5 Å². The third kappa shape index (κ3) is 13.7. The van der Waals surface area contributed by atoms with E-state index in [9.17, 15) is 23.1 Å². The number of fused-ring (bicyclic) bond motifs is 1. The maximum absolute atomic E-state index is 13.4. The van der Waals surface area contributed by atoms with Crippen LogP contribution in [0.25, 0.3) is 10.8 Å². The van der Waals surface area contributed by atoms with Gasteiger partial charge in [0.2, 0.25) is 0 Å². The molecule has 5 atom stereocenters. The minimum Gasteiger partial charge on any atom is -0.493 e. The number of ether oxygens (including phenoxy) is 5. The monoisotopic (exact) mass is 808 g/mol. The molecule has 3 aliphatic rings. The maximum Gasteiger partial charge on any atom is 0.389 e. The number of unbranched alkanes of at least 4 members (excludes halogenated alkanes) is 2. The lowest BCUT2D eigenvalue weighted by Gasteiger charge is -2.41. The lowest BCUT2D eigenvalue weighted by Crippen LogP contribution is -2.34. The standard InChI is InChI=1S/C48H63F3O7/c1-3-5-6-11-34-26-33(10-4-2)27-41(28-34)35-13-15-36(16-14-35)46(52)57-43-21-22-44(39(31-43)12-7-8-23-48(49,50)51)58-47(53)40-18-17-38-30-42(20-19-37(38)29-40)54-24-9-25-55-45-32-56-45/h6,11,17-22,29-31,33-36,41,45-46,52H,3-5,7-10,12-16,23-28,32H2,1-2H3/b11-6+. The van der Waals surface area contributed by atoms with Gasteiger partial charge in [-0.25, -0.2) is 4.79 Å². The number of halogens is 3. The quantitative estimate of drug-likeness (QED) is 0.0286. The summed E-state index contributed by atoms with van der Waals surface area (Å²) in [6, 6.07) is 15.9. The summed E-state index contributed by atoms with van der Waals surface area (Å²) in [5.41, 5.74) is 0.899. The van der Waals surface area contributed by atoms with Crippen molar-refractivity contribution < 1.29 is 46.8 Å². The molecular weight excluding hydrogens is 746 g/mol. The molecule has 2 aliphatic carbocycles. The smallest absolute Gasteiger partial charge is 0.389 e. The minimum absolute atomic E-state index is 0.00287. The van der Waals surface area contributed by atoms with Gasteiger partial charge < -0.3 is 28.8 Å². The van der Waals surface area contributed by atoms with E-state index in [0.717, 1.165) is 61.1 Å². The van der Waals surface area contributed by atoms with Gasteiger partial charge in [0.25, 0.3) is 0 Å². The highest BCUT2D eigenvalue weighted by atomic mass is 19.4. The molecule has 0 aromatic heterocycles. The molecule has 3 aromatic carbocycles. The molecule has 10 heteroatoms. The number of rotatable bonds is 21. The third-order valence-electron chi connectivity index (χ3n) is 12.2. The molecule has 0 spiro atoms. The number of carbonyl (C=O) groups is 1. The van der Waals surface area contributed by atoms with E-state index >= 15 is 0 Å². The second-order valence-corrected chi connectivity index (χ2v) is 16.8. The van der Waals surface area contributed by atoms with Crippen molar-refractivity contribution in [2.24, 2.45) is 29.6 Å². The van der Waals surface area contributed by atoms with Crippen LogP contribution in [0.15, 0.2) is 66.7 Å². The molecule has 0 bridgehead atoms. The second-order valence-electron chi connectivity index (χ2n) is 16.8. The van der Waals surface area contributed by atoms with Crippen molar-refractivity contribution in [3.05, 3.63) is 77.9 Å². The fourth-order valence-corrected chi connectivity index (χ4v) is 9.08. The number of epoxide rings is 1. The zero-order chi connectivity index (χ0) is 40.9. The van der Waals surface area contributed by atoms with Gasteiger partial charge in [0, 0.05) is 18.8 Å². The van der Waals surface area contributed by atoms with Gasteiger partial charge in [0.05, 0.1) is 18.8 Å². The summed E-state index contributed by atoms with van der Waals surface area (Å²) in [4.78, 5) is 13.4. The molecule has 58 heavy (non-hydrogen) atoms. The van der Waals surface area contributed by atoms with Crippen molar-refractivity contribution in [3.63, 3.8) is 0 Å². The number of alkyl halides is 3. The lowest BCUT2D eigenvalue weighted by atomic mass is 9.65. The van der Waals surface area contributed by atoms with E-state index < -0.39 is 24.9 Å². The minimum atomic E-state index is -4.24. The molecule has 7 nitrogen and oxygen atoms in total. The molecule has 1 heterocycles. The number of hydrogen-bond donors (Lipinski definition) is 1. The van der Waals surface area contributed by atoms with Gasteiger partial charge in [0.1, 0.15) is 23.9 Å². The van der Waals surface area contributed by atoms with Gasteiger partial charge in [0.15, 0.2) is 12.6 Å². The van der Waals surface area contributed by atoms with Crippen LogP contribution < -0.4 is 14.2 Å². The third-order valence-corrected chi connectivity index (χ3v) is 12.2. The number of aliphatic hydroxyl groups excluding tert-OH is 1. The predicted octanol–water partition coefficient (Wildman–Crippen LogP) is 12.2. The summed E-state index contributed by atoms with van der Waals surface area (Å²) in [7, 11) is 0. The van der Waals surface area contributed by atoms with Crippen LogP contribution in [0.5, 0.6) is 17.2 Å². The first-order valence-corrected chi connectivity index (χ1v) is 21.9. The van der Waals surface area contributed by atoms with Crippen molar-refractivity contribution in [1.29, 1.82) is 0 Å². The van der Waals surface area contributed by atoms with Gasteiger partial charge in [-0.3, -0.25) is 0 Å². The van der Waals surface area contributed by atoms with E-state index in [4.69, 9.17) is 23.7 Å². The molecule has 0 radical (unpaired) electrons. The predicted molar refractivity (Wildman–Crippen MR) is 220 cm³/mol. The molecule has 0 amide bonds. The summed E-state index contributed by atoms with van der Waals surface area (Å²) in [6.07, 6.45) is 12.5. The Bertz CT molecular complexity index is 1760. The topological polar surface area (TPSA) is 86.8 Å². The first-order valence-electron chi connectivity index (χ1n) is 21.9. The summed E-state index contributed by atoms with van der Waals surface area (Å²) in [6.45, 7) is 6.24. The zero-order valence-corrected chi connectivity index (χ0v) is 34.4. The number of aryl methyl sites for hydroxylation is 1. The van der Waals surface area contributed by atoms with Gasteiger partial charge >= 0.3 is 12.1 Å². The summed E-state index contributed by atoms with van der Waals surface area (Å²) in [5, 5.41) is 13.0. The fourth-order valence-electron chi connectivity index (χ4n) is 9.08. The summed E-state index contributed by atoms with van der Waals surface area (Å²) < 4.78 is 67.2. The van der Waals surface area contributed by atoms with Gasteiger partial charge in [-0.2, -0.15) is 13.2 Å². The average Bonchev–Trinajstić information content (AvgIpc) is 4.04. The van der Waals surface area contributed by atoms with Crippen LogP contribution >= 0.6 is 0 Å². The molecule has 2 saturated carbocycles. The van der Waals surface area contributed by atoms with Crippen molar-refractivity contribution >= 4 is 16.7 Å². The molecule has 1 saturated heterocycles. The maximum atomic E-state index is 13.4. The number of carbonyl (C=O) groups excluding carboxylic acids is 1. The molecule has 5 unspecified atom stereocenters.